The van der Waals surface area contributed by atoms with Gasteiger partial charge in [-0.2, -0.15) is 0 Å². The lowest BCUT2D eigenvalue weighted by molar-refractivity contribution is -0.166. The molecule has 21 nitrogen and oxygen atoms in total. The average molecular weight is 1030 g/mol. The van der Waals surface area contributed by atoms with Gasteiger partial charge >= 0.3 is 41.4 Å². The fourth-order valence-electron chi connectivity index (χ4n) is 8.08. The van der Waals surface area contributed by atoms with Crippen molar-refractivity contribution in [3.63, 3.8) is 0 Å². The SMILES string of the molecule is CCCC(=O)Oc1cc2oc(=O)c(C(=O)NCC(=O)NC3C(=O)N4C(C(=O)OCOC(C)=O)=C(CSC5CC6(OC5=O)c5ccc(OC(C)=O)cc5Oc5cc(OC(C)=O)ccc56)CSC34)cc2cc1Cl. The van der Waals surface area contributed by atoms with Gasteiger partial charge in [-0.25, -0.2) is 9.59 Å². The van der Waals surface area contributed by atoms with Gasteiger partial charge in [0.1, 0.15) is 56.5 Å². The minimum absolute atomic E-state index is 0.00403. The number of rotatable bonds is 15. The molecule has 4 aromatic rings. The van der Waals surface area contributed by atoms with E-state index in [9.17, 15) is 47.9 Å². The van der Waals surface area contributed by atoms with E-state index < -0.39 is 100 Å². The van der Waals surface area contributed by atoms with E-state index in [4.69, 9.17) is 49.2 Å². The van der Waals surface area contributed by atoms with Crippen LogP contribution in [0.15, 0.2) is 75.1 Å². The molecule has 4 aliphatic rings. The van der Waals surface area contributed by atoms with Crippen LogP contribution in [-0.2, 0) is 58.2 Å². The molecule has 3 aromatic carbocycles. The Balaban J connectivity index is 0.965. The van der Waals surface area contributed by atoms with Crippen LogP contribution in [0.3, 0.4) is 0 Å². The zero-order valence-electron chi connectivity index (χ0n) is 37.9. The van der Waals surface area contributed by atoms with E-state index in [1.165, 1.54) is 68.1 Å². The number of carbonyl (C=O) groups is 9. The summed E-state index contributed by atoms with van der Waals surface area (Å²) in [6, 6.07) is 11.8. The molecule has 0 saturated carbocycles. The third-order valence-corrected chi connectivity index (χ3v) is 14.0. The summed E-state index contributed by atoms with van der Waals surface area (Å²) in [5.74, 6) is -5.80. The second kappa shape index (κ2) is 20.5. The summed E-state index contributed by atoms with van der Waals surface area (Å²) in [7, 11) is 0. The number of hydrogen-bond acceptors (Lipinski definition) is 20. The Labute approximate surface area is 415 Å². The smallest absolute Gasteiger partial charge is 0.357 e. The number of β-lactam (4-membered cyclic amide) rings is 1. The lowest BCUT2D eigenvalue weighted by Gasteiger charge is -2.49. The maximum Gasteiger partial charge on any atom is 0.357 e. The molecule has 3 amide bonds. The first-order chi connectivity index (χ1) is 33.8. The number of amides is 3. The van der Waals surface area contributed by atoms with Crippen molar-refractivity contribution in [1.29, 1.82) is 0 Å². The molecule has 71 heavy (non-hydrogen) atoms. The van der Waals surface area contributed by atoms with Crippen molar-refractivity contribution in [2.24, 2.45) is 0 Å². The number of ether oxygens (including phenoxy) is 7. The summed E-state index contributed by atoms with van der Waals surface area (Å²) < 4.78 is 43.5. The highest BCUT2D eigenvalue weighted by atomic mass is 35.5. The van der Waals surface area contributed by atoms with Crippen LogP contribution in [0, 0.1) is 0 Å². The highest BCUT2D eigenvalue weighted by Crippen LogP contribution is 2.57. The number of thioether (sulfide) groups is 2. The molecular formula is C47H40ClN3O18S2. The van der Waals surface area contributed by atoms with Crippen molar-refractivity contribution in [3.8, 4) is 28.7 Å². The van der Waals surface area contributed by atoms with E-state index in [0.29, 0.717) is 23.1 Å². The summed E-state index contributed by atoms with van der Waals surface area (Å²) in [4.78, 5) is 129. The quantitative estimate of drug-likeness (QED) is 0.0543. The summed E-state index contributed by atoms with van der Waals surface area (Å²) in [5, 5.41) is 3.40. The third kappa shape index (κ3) is 10.4. The van der Waals surface area contributed by atoms with Gasteiger partial charge < -0.3 is 48.2 Å². The summed E-state index contributed by atoms with van der Waals surface area (Å²) in [5.41, 5.74) is -1.91. The molecule has 24 heteroatoms. The van der Waals surface area contributed by atoms with Crippen LogP contribution in [0.25, 0.3) is 11.0 Å². The van der Waals surface area contributed by atoms with Crippen molar-refractivity contribution in [1.82, 2.24) is 15.5 Å². The fourth-order valence-corrected chi connectivity index (χ4v) is 10.9. The van der Waals surface area contributed by atoms with E-state index in [1.807, 2.05) is 0 Å². The van der Waals surface area contributed by atoms with Crippen LogP contribution in [0.5, 0.6) is 28.7 Å². The molecule has 1 spiro atoms. The minimum Gasteiger partial charge on any atom is -0.456 e. The van der Waals surface area contributed by atoms with Crippen molar-refractivity contribution in [3.05, 3.63) is 98.0 Å². The largest absolute Gasteiger partial charge is 0.456 e. The van der Waals surface area contributed by atoms with Crippen molar-refractivity contribution < 1.29 is 80.7 Å². The lowest BCUT2D eigenvalue weighted by atomic mass is 9.81. The Kier molecular flexibility index (Phi) is 14.5. The predicted octanol–water partition coefficient (Wildman–Crippen LogP) is 4.55. The molecule has 8 rings (SSSR count). The first kappa shape index (κ1) is 50.0. The number of nitrogens with zero attached hydrogens (tertiary/aromatic N) is 1. The number of esters is 6. The molecule has 0 aliphatic carbocycles. The van der Waals surface area contributed by atoms with Gasteiger partial charge in [-0.15, -0.1) is 23.5 Å². The van der Waals surface area contributed by atoms with Gasteiger partial charge in [0.05, 0.1) is 11.6 Å². The van der Waals surface area contributed by atoms with Crippen molar-refractivity contribution in [2.45, 2.75) is 69.2 Å². The van der Waals surface area contributed by atoms with Crippen LogP contribution in [0.4, 0.5) is 0 Å². The van der Waals surface area contributed by atoms with Gasteiger partial charge in [-0.1, -0.05) is 18.5 Å². The topological polar surface area (TPSA) is 276 Å². The van der Waals surface area contributed by atoms with Gasteiger partial charge in [-0.05, 0) is 48.4 Å². The fraction of sp³-hybridized carbons (Fsp3) is 0.319. The molecule has 5 heterocycles. The zero-order chi connectivity index (χ0) is 50.9. The van der Waals surface area contributed by atoms with E-state index >= 15 is 0 Å². The maximum absolute atomic E-state index is 13.9. The number of carbonyl (C=O) groups excluding carboxylic acids is 9. The van der Waals surface area contributed by atoms with E-state index in [1.54, 1.807) is 19.1 Å². The molecule has 370 valence electrons. The lowest BCUT2D eigenvalue weighted by Crippen LogP contribution is -2.71. The Hall–Kier alpha value is -7.37. The van der Waals surface area contributed by atoms with Crippen molar-refractivity contribution in [2.75, 3.05) is 24.8 Å². The highest BCUT2D eigenvalue weighted by molar-refractivity contribution is 8.01. The molecule has 3 unspecified atom stereocenters. The Bertz CT molecular complexity index is 3000. The molecule has 1 aromatic heterocycles. The van der Waals surface area contributed by atoms with E-state index in [-0.39, 0.29) is 74.8 Å². The standard InChI is InChI=1S/C47H40ClN3O18S2/c1-5-6-38(56)67-35-15-32-24(12-31(35)48)11-28(44(59)68-32)41(57)49-17-37(55)50-39-42(58)51-40(46(61)63-20-62-21(2)52)25(19-71-43(39)51)18-70-36-16-47(69-45(36)60)29-9-7-26(64-22(3)53)13-33(29)66-34-14-27(65-23(4)54)8-10-30(34)47/h7-15,36,39,43H,5-6,16-20H2,1-4H3,(H,49,57)(H,50,55). The Morgan fingerprint density at radius 2 is 1.55 bits per heavy atom. The first-order valence-electron chi connectivity index (χ1n) is 21.6. The normalized spacial score (nSPS) is 18.2. The third-order valence-electron chi connectivity index (χ3n) is 11.1. The zero-order valence-corrected chi connectivity index (χ0v) is 40.3. The molecule has 0 radical (unpaired) electrons. The second-order valence-corrected chi connectivity index (χ2v) is 18.8. The number of halogens is 1. The Morgan fingerprint density at radius 3 is 2.18 bits per heavy atom. The summed E-state index contributed by atoms with van der Waals surface area (Å²) in [6.07, 6.45) is 0.707. The maximum atomic E-state index is 13.9. The molecule has 4 aliphatic heterocycles. The molecule has 0 bridgehead atoms. The molecule has 3 atom stereocenters. The molecular weight excluding hydrogens is 994 g/mol. The van der Waals surface area contributed by atoms with Crippen LogP contribution in [0.2, 0.25) is 5.02 Å². The molecule has 2 N–H and O–H groups in total. The number of fused-ring (bicyclic) bond motifs is 6. The predicted molar refractivity (Wildman–Crippen MR) is 248 cm³/mol. The van der Waals surface area contributed by atoms with E-state index in [0.717, 1.165) is 23.6 Å². The highest BCUT2D eigenvalue weighted by Gasteiger charge is 2.56. The Morgan fingerprint density at radius 1 is 0.873 bits per heavy atom. The minimum atomic E-state index is -1.43. The van der Waals surface area contributed by atoms with Crippen LogP contribution in [-0.4, -0.2) is 99.9 Å². The van der Waals surface area contributed by atoms with Crippen molar-refractivity contribution >= 4 is 99.6 Å². The molecule has 2 fully saturated rings. The van der Waals surface area contributed by atoms with Gasteiger partial charge in [0.15, 0.2) is 11.4 Å². The van der Waals surface area contributed by atoms with E-state index in [2.05, 4.69) is 10.6 Å². The number of hydrogen-bond donors (Lipinski definition) is 2. The van der Waals surface area contributed by atoms with Gasteiger partial charge in [-0.3, -0.25) is 43.3 Å². The average Bonchev–Trinajstić information content (AvgIpc) is 3.63. The first-order valence-corrected chi connectivity index (χ1v) is 24.0. The van der Waals surface area contributed by atoms with Gasteiger partial charge in [0, 0.05) is 79.8 Å². The summed E-state index contributed by atoms with van der Waals surface area (Å²) >= 11 is 8.59. The summed E-state index contributed by atoms with van der Waals surface area (Å²) in [6.45, 7) is 3.91. The van der Waals surface area contributed by atoms with Crippen LogP contribution < -0.4 is 35.2 Å². The number of nitrogens with one attached hydrogen (secondary N) is 2. The van der Waals surface area contributed by atoms with Gasteiger partial charge in [0.25, 0.3) is 11.8 Å². The monoisotopic (exact) mass is 1030 g/mol. The van der Waals surface area contributed by atoms with Gasteiger partial charge in [0.2, 0.25) is 12.7 Å². The number of benzene rings is 3. The second-order valence-electron chi connectivity index (χ2n) is 16.1. The van der Waals surface area contributed by atoms with Crippen LogP contribution in [0.1, 0.15) is 68.4 Å². The van der Waals surface area contributed by atoms with Crippen LogP contribution >= 0.6 is 35.1 Å². The molecule has 2 saturated heterocycles.